The predicted octanol–water partition coefficient (Wildman–Crippen LogP) is 3.56. The first kappa shape index (κ1) is 18.5. The first-order valence-corrected chi connectivity index (χ1v) is 9.75. The third kappa shape index (κ3) is 3.61. The average Bonchev–Trinajstić information content (AvgIpc) is 2.90. The van der Waals surface area contributed by atoms with Crippen LogP contribution in [0, 0.1) is 5.92 Å². The fourth-order valence-electron chi connectivity index (χ4n) is 3.87. The van der Waals surface area contributed by atoms with Crippen LogP contribution < -0.4 is 5.32 Å². The van der Waals surface area contributed by atoms with Gasteiger partial charge in [0.15, 0.2) is 0 Å². The zero-order chi connectivity index (χ0) is 19.9. The molecule has 0 bridgehead atoms. The molecule has 0 saturated carbocycles. The fourth-order valence-corrected chi connectivity index (χ4v) is 3.87. The smallest absolute Gasteiger partial charge is 0.410 e. The highest BCUT2D eigenvalue weighted by Crippen LogP contribution is 2.33. The van der Waals surface area contributed by atoms with Crippen molar-refractivity contribution in [1.29, 1.82) is 0 Å². The monoisotopic (exact) mass is 382 g/mol. The molecule has 28 heavy (non-hydrogen) atoms. The molecular formula is C21H26N4O3. The van der Waals surface area contributed by atoms with Gasteiger partial charge in [-0.05, 0) is 39.7 Å². The molecule has 3 heterocycles. The molecule has 7 nitrogen and oxygen atoms in total. The molecule has 0 spiro atoms. The second-order valence-electron chi connectivity index (χ2n) is 8.41. The number of hydrogen-bond donors (Lipinski definition) is 2. The van der Waals surface area contributed by atoms with Crippen molar-refractivity contribution in [3.05, 3.63) is 30.0 Å². The molecule has 4 rings (SSSR count). The Bertz CT molecular complexity index is 946. The molecule has 2 aliphatic heterocycles. The van der Waals surface area contributed by atoms with Crippen LogP contribution in [0.4, 0.5) is 10.5 Å². The fraction of sp³-hybridized carbons (Fsp3) is 0.476. The number of nitrogens with zero attached hydrogens (tertiary/aromatic N) is 2. The molecule has 1 aromatic carbocycles. The van der Waals surface area contributed by atoms with Gasteiger partial charge < -0.3 is 19.9 Å². The predicted molar refractivity (Wildman–Crippen MR) is 109 cm³/mol. The summed E-state index contributed by atoms with van der Waals surface area (Å²) < 4.78 is 5.48. The number of likely N-dealkylation sites (tertiary alicyclic amines) is 1. The molecule has 7 heteroatoms. The minimum atomic E-state index is -0.495. The molecule has 0 radical (unpaired) electrons. The number of aliphatic imine (C=N–C) groups is 1. The highest BCUT2D eigenvalue weighted by molar-refractivity contribution is 6.17. The summed E-state index contributed by atoms with van der Waals surface area (Å²) in [6.07, 6.45) is 1.32. The van der Waals surface area contributed by atoms with E-state index in [0.717, 1.165) is 40.8 Å². The Balaban J connectivity index is 1.56. The quantitative estimate of drug-likeness (QED) is 0.791. The first-order chi connectivity index (χ1) is 13.3. The van der Waals surface area contributed by atoms with Gasteiger partial charge in [0.1, 0.15) is 12.1 Å². The van der Waals surface area contributed by atoms with Gasteiger partial charge in [-0.2, -0.15) is 0 Å². The molecular weight excluding hydrogens is 356 g/mol. The summed E-state index contributed by atoms with van der Waals surface area (Å²) in [7, 11) is 0. The van der Waals surface area contributed by atoms with Crippen molar-refractivity contribution in [2.24, 2.45) is 10.9 Å². The van der Waals surface area contributed by atoms with E-state index < -0.39 is 5.60 Å². The summed E-state index contributed by atoms with van der Waals surface area (Å²) in [5, 5.41) is 3.99. The number of H-pyrrole nitrogens is 1. The molecule has 148 valence electrons. The van der Waals surface area contributed by atoms with Crippen LogP contribution in [0.1, 0.15) is 39.3 Å². The lowest BCUT2D eigenvalue weighted by Gasteiger charge is -2.33. The standard InChI is InChI=1S/C21H26N4O3/c1-21(2,3)28-20(27)25-10-8-13(9-11-25)17-19-18(24-16(26)12-22-17)14-6-4-5-7-15(14)23-19/h4-7,13,23H,8-12H2,1-3H3,(H,24,26). The maximum Gasteiger partial charge on any atom is 0.410 e. The lowest BCUT2D eigenvalue weighted by Crippen LogP contribution is -2.43. The number of rotatable bonds is 1. The van der Waals surface area contributed by atoms with Crippen LogP contribution in [0.2, 0.25) is 0 Å². The summed E-state index contributed by atoms with van der Waals surface area (Å²) in [4.78, 5) is 34.3. The van der Waals surface area contributed by atoms with E-state index in [-0.39, 0.29) is 24.5 Å². The molecule has 2 aromatic rings. The lowest BCUT2D eigenvalue weighted by molar-refractivity contribution is -0.114. The number of ether oxygens (including phenoxy) is 1. The third-order valence-electron chi connectivity index (χ3n) is 5.15. The number of anilines is 1. The minimum Gasteiger partial charge on any atom is -0.444 e. The van der Waals surface area contributed by atoms with Crippen molar-refractivity contribution in [3.63, 3.8) is 0 Å². The maximum absolute atomic E-state index is 12.3. The van der Waals surface area contributed by atoms with Crippen molar-refractivity contribution in [2.75, 3.05) is 25.0 Å². The summed E-state index contributed by atoms with van der Waals surface area (Å²) in [6.45, 7) is 6.99. The van der Waals surface area contributed by atoms with Crippen LogP contribution >= 0.6 is 0 Å². The Morgan fingerprint density at radius 2 is 1.93 bits per heavy atom. The number of benzene rings is 1. The highest BCUT2D eigenvalue weighted by Gasteiger charge is 2.32. The molecule has 0 atom stereocenters. The van der Waals surface area contributed by atoms with Gasteiger partial charge in [0.25, 0.3) is 0 Å². The van der Waals surface area contributed by atoms with E-state index in [1.165, 1.54) is 0 Å². The Morgan fingerprint density at radius 1 is 1.21 bits per heavy atom. The maximum atomic E-state index is 12.3. The zero-order valence-corrected chi connectivity index (χ0v) is 16.5. The number of piperidine rings is 1. The summed E-state index contributed by atoms with van der Waals surface area (Å²) in [5.74, 6) is 0.0883. The summed E-state index contributed by atoms with van der Waals surface area (Å²) >= 11 is 0. The molecule has 1 aromatic heterocycles. The zero-order valence-electron chi connectivity index (χ0n) is 16.5. The van der Waals surface area contributed by atoms with Gasteiger partial charge >= 0.3 is 6.09 Å². The highest BCUT2D eigenvalue weighted by atomic mass is 16.6. The molecule has 0 unspecified atom stereocenters. The van der Waals surface area contributed by atoms with Gasteiger partial charge in [0.2, 0.25) is 5.91 Å². The number of fused-ring (bicyclic) bond motifs is 3. The number of amides is 2. The minimum absolute atomic E-state index is 0.104. The SMILES string of the molecule is CC(C)(C)OC(=O)N1CCC(C2=NCC(=O)Nc3c2[nH]c2ccccc32)CC1. The molecule has 2 aliphatic rings. The van der Waals surface area contributed by atoms with Gasteiger partial charge in [-0.25, -0.2) is 4.79 Å². The number of aromatic nitrogens is 1. The van der Waals surface area contributed by atoms with Crippen molar-refractivity contribution < 1.29 is 14.3 Å². The normalized spacial score (nSPS) is 18.3. The molecule has 0 aliphatic carbocycles. The summed E-state index contributed by atoms with van der Waals surface area (Å²) in [5.41, 5.74) is 3.11. The molecule has 1 saturated heterocycles. The molecule has 1 fully saturated rings. The van der Waals surface area contributed by atoms with Gasteiger partial charge in [-0.3, -0.25) is 9.79 Å². The van der Waals surface area contributed by atoms with E-state index in [9.17, 15) is 9.59 Å². The van der Waals surface area contributed by atoms with Gasteiger partial charge in [-0.15, -0.1) is 0 Å². The van der Waals surface area contributed by atoms with Gasteiger partial charge in [0, 0.05) is 29.9 Å². The molecule has 2 N–H and O–H groups in total. The van der Waals surface area contributed by atoms with Crippen molar-refractivity contribution in [1.82, 2.24) is 9.88 Å². The molecule has 2 amide bonds. The van der Waals surface area contributed by atoms with Crippen molar-refractivity contribution >= 4 is 34.3 Å². The summed E-state index contributed by atoms with van der Waals surface area (Å²) in [6, 6.07) is 7.93. The third-order valence-corrected chi connectivity index (χ3v) is 5.15. The Morgan fingerprint density at radius 3 is 2.64 bits per heavy atom. The second kappa shape index (κ2) is 6.96. The van der Waals surface area contributed by atoms with Gasteiger partial charge in [-0.1, -0.05) is 18.2 Å². The van der Waals surface area contributed by atoms with E-state index in [1.54, 1.807) is 4.90 Å². The number of aromatic amines is 1. The number of para-hydroxylation sites is 1. The first-order valence-electron chi connectivity index (χ1n) is 9.75. The van der Waals surface area contributed by atoms with Gasteiger partial charge in [0.05, 0.1) is 17.1 Å². The number of nitrogens with one attached hydrogen (secondary N) is 2. The van der Waals surface area contributed by atoms with Crippen LogP contribution in [0.25, 0.3) is 10.9 Å². The van der Waals surface area contributed by atoms with Crippen LogP contribution in [0.3, 0.4) is 0 Å². The average molecular weight is 382 g/mol. The number of carbonyl (C=O) groups excluding carboxylic acids is 2. The number of hydrogen-bond acceptors (Lipinski definition) is 4. The second-order valence-corrected chi connectivity index (χ2v) is 8.41. The van der Waals surface area contributed by atoms with Crippen LogP contribution in [-0.2, 0) is 9.53 Å². The van der Waals surface area contributed by atoms with Crippen LogP contribution in [0.15, 0.2) is 29.3 Å². The Kier molecular flexibility index (Phi) is 4.61. The van der Waals surface area contributed by atoms with E-state index in [4.69, 9.17) is 4.74 Å². The van der Waals surface area contributed by atoms with Crippen molar-refractivity contribution in [3.8, 4) is 0 Å². The lowest BCUT2D eigenvalue weighted by atomic mass is 9.90. The topological polar surface area (TPSA) is 86.8 Å². The Labute approximate surface area is 164 Å². The van der Waals surface area contributed by atoms with E-state index in [0.29, 0.717) is 13.1 Å². The largest absolute Gasteiger partial charge is 0.444 e. The Hall–Kier alpha value is -2.83. The number of carbonyl (C=O) groups is 2. The van der Waals surface area contributed by atoms with E-state index in [1.807, 2.05) is 45.0 Å². The van der Waals surface area contributed by atoms with E-state index in [2.05, 4.69) is 15.3 Å². The van der Waals surface area contributed by atoms with Crippen molar-refractivity contribution in [2.45, 2.75) is 39.2 Å². The van der Waals surface area contributed by atoms with E-state index >= 15 is 0 Å². The van der Waals surface area contributed by atoms with Crippen LogP contribution in [0.5, 0.6) is 0 Å². The van der Waals surface area contributed by atoms with Crippen LogP contribution in [-0.4, -0.2) is 52.8 Å².